The number of Topliss-reactive ketones (excluding diaryl/α,β-unsaturated/α-hetero) is 1. The van der Waals surface area contributed by atoms with Crippen molar-refractivity contribution < 1.29 is 19.1 Å². The second-order valence-electron chi connectivity index (χ2n) is 5.54. The highest BCUT2D eigenvalue weighted by molar-refractivity contribution is 6.10. The third kappa shape index (κ3) is 2.32. The number of amides is 2. The van der Waals surface area contributed by atoms with Gasteiger partial charge in [0.15, 0.2) is 5.78 Å². The summed E-state index contributed by atoms with van der Waals surface area (Å²) >= 11 is 0. The quantitative estimate of drug-likeness (QED) is 0.483. The van der Waals surface area contributed by atoms with Crippen LogP contribution in [0.4, 0.5) is 0 Å². The molecule has 1 heterocycles. The molecule has 2 aliphatic rings. The molecule has 5 nitrogen and oxygen atoms in total. The molecule has 1 aliphatic heterocycles. The number of para-hydroxylation sites is 1. The molecule has 5 heteroatoms. The molecule has 2 atom stereocenters. The molecule has 0 aromatic heterocycles. The largest absolute Gasteiger partial charge is 0.496 e. The molecule has 2 amide bonds. The van der Waals surface area contributed by atoms with Crippen LogP contribution in [0.3, 0.4) is 0 Å². The molecule has 1 fully saturated rings. The summed E-state index contributed by atoms with van der Waals surface area (Å²) in [4.78, 5) is 38.3. The second kappa shape index (κ2) is 5.75. The van der Waals surface area contributed by atoms with Crippen LogP contribution in [0.2, 0.25) is 0 Å². The average Bonchev–Trinajstić information content (AvgIpc) is 2.80. The molecule has 0 bridgehead atoms. The summed E-state index contributed by atoms with van der Waals surface area (Å²) in [6.45, 7) is -0.217. The van der Waals surface area contributed by atoms with Gasteiger partial charge in [-0.3, -0.25) is 19.3 Å². The monoisotopic (exact) mass is 299 g/mol. The van der Waals surface area contributed by atoms with Crippen molar-refractivity contribution in [1.82, 2.24) is 4.90 Å². The predicted molar refractivity (Wildman–Crippen MR) is 79.4 cm³/mol. The number of methoxy groups -OCH3 is 1. The Balaban J connectivity index is 1.80. The smallest absolute Gasteiger partial charge is 0.233 e. The molecule has 1 saturated heterocycles. The van der Waals surface area contributed by atoms with E-state index in [1.165, 1.54) is 7.11 Å². The Morgan fingerprint density at radius 1 is 1.14 bits per heavy atom. The van der Waals surface area contributed by atoms with E-state index in [2.05, 4.69) is 0 Å². The number of hydrogen-bond acceptors (Lipinski definition) is 4. The van der Waals surface area contributed by atoms with Crippen LogP contribution in [0.15, 0.2) is 36.4 Å². The lowest BCUT2D eigenvalue weighted by Gasteiger charge is -2.15. The number of allylic oxidation sites excluding steroid dienone is 2. The number of imide groups is 1. The Labute approximate surface area is 128 Å². The number of rotatable bonds is 4. The van der Waals surface area contributed by atoms with Gasteiger partial charge in [-0.2, -0.15) is 0 Å². The first-order chi connectivity index (χ1) is 10.6. The Morgan fingerprint density at radius 2 is 1.73 bits per heavy atom. The SMILES string of the molecule is COc1ccccc1C(=O)CN1C(=O)[C@H]2CC=CC[C@H]2C1=O. The van der Waals surface area contributed by atoms with E-state index in [0.717, 1.165) is 4.90 Å². The van der Waals surface area contributed by atoms with Crippen molar-refractivity contribution in [3.05, 3.63) is 42.0 Å². The van der Waals surface area contributed by atoms with Crippen molar-refractivity contribution in [1.29, 1.82) is 0 Å². The van der Waals surface area contributed by atoms with Crippen LogP contribution in [0.1, 0.15) is 23.2 Å². The number of carbonyl (C=O) groups excluding carboxylic acids is 3. The van der Waals surface area contributed by atoms with Gasteiger partial charge in [-0.15, -0.1) is 0 Å². The van der Waals surface area contributed by atoms with Gasteiger partial charge in [-0.05, 0) is 25.0 Å². The minimum Gasteiger partial charge on any atom is -0.496 e. The van der Waals surface area contributed by atoms with E-state index in [4.69, 9.17) is 4.74 Å². The Bertz CT molecular complexity index is 638. The van der Waals surface area contributed by atoms with Gasteiger partial charge in [0.2, 0.25) is 11.8 Å². The summed E-state index contributed by atoms with van der Waals surface area (Å²) in [6, 6.07) is 6.82. The fourth-order valence-corrected chi connectivity index (χ4v) is 3.13. The summed E-state index contributed by atoms with van der Waals surface area (Å²) < 4.78 is 5.16. The normalized spacial score (nSPS) is 23.6. The molecule has 0 radical (unpaired) electrons. The van der Waals surface area contributed by atoms with Crippen LogP contribution in [0.25, 0.3) is 0 Å². The van der Waals surface area contributed by atoms with Crippen LogP contribution in [-0.2, 0) is 9.59 Å². The zero-order chi connectivity index (χ0) is 15.7. The number of nitrogens with zero attached hydrogens (tertiary/aromatic N) is 1. The van der Waals surface area contributed by atoms with Crippen molar-refractivity contribution >= 4 is 17.6 Å². The Hall–Kier alpha value is -2.43. The number of likely N-dealkylation sites (tertiary alicyclic amines) is 1. The predicted octanol–water partition coefficient (Wildman–Crippen LogP) is 1.83. The van der Waals surface area contributed by atoms with E-state index in [-0.39, 0.29) is 36.0 Å². The van der Waals surface area contributed by atoms with Crippen LogP contribution in [0.5, 0.6) is 5.75 Å². The van der Waals surface area contributed by atoms with E-state index < -0.39 is 0 Å². The van der Waals surface area contributed by atoms with Gasteiger partial charge >= 0.3 is 0 Å². The molecule has 3 rings (SSSR count). The summed E-state index contributed by atoms with van der Waals surface area (Å²) in [5, 5.41) is 0. The van der Waals surface area contributed by atoms with Crippen LogP contribution < -0.4 is 4.74 Å². The summed E-state index contributed by atoms with van der Waals surface area (Å²) in [5.74, 6) is -0.910. The van der Waals surface area contributed by atoms with Crippen molar-refractivity contribution in [2.75, 3.05) is 13.7 Å². The maximum absolute atomic E-state index is 12.4. The van der Waals surface area contributed by atoms with Crippen molar-refractivity contribution in [2.45, 2.75) is 12.8 Å². The standard InChI is InChI=1S/C17H17NO4/c1-22-15-9-5-4-8-13(15)14(19)10-18-16(20)11-6-2-3-7-12(11)17(18)21/h2-5,8-9,11-12H,6-7,10H2,1H3/t11-,12+. The molecule has 0 unspecified atom stereocenters. The third-order valence-electron chi connectivity index (χ3n) is 4.31. The summed E-state index contributed by atoms with van der Waals surface area (Å²) in [6.07, 6.45) is 5.01. The number of ketones is 1. The lowest BCUT2D eigenvalue weighted by molar-refractivity contribution is -0.139. The number of carbonyl (C=O) groups is 3. The highest BCUT2D eigenvalue weighted by Gasteiger charge is 2.47. The average molecular weight is 299 g/mol. The maximum Gasteiger partial charge on any atom is 0.233 e. The van der Waals surface area contributed by atoms with E-state index in [1.807, 2.05) is 12.2 Å². The van der Waals surface area contributed by atoms with Gasteiger partial charge in [0.05, 0.1) is 31.1 Å². The molecule has 0 spiro atoms. The fraction of sp³-hybridized carbons (Fsp3) is 0.353. The van der Waals surface area contributed by atoms with Crippen molar-refractivity contribution in [3.8, 4) is 5.75 Å². The van der Waals surface area contributed by atoms with Gasteiger partial charge in [0.25, 0.3) is 0 Å². The van der Waals surface area contributed by atoms with E-state index >= 15 is 0 Å². The van der Waals surface area contributed by atoms with Gasteiger partial charge < -0.3 is 4.74 Å². The summed E-state index contributed by atoms with van der Waals surface area (Å²) in [5.41, 5.74) is 0.388. The minimum absolute atomic E-state index is 0.217. The zero-order valence-electron chi connectivity index (χ0n) is 12.3. The first-order valence-corrected chi connectivity index (χ1v) is 7.30. The van der Waals surface area contributed by atoms with Crippen molar-refractivity contribution in [3.63, 3.8) is 0 Å². The molecular weight excluding hydrogens is 282 g/mol. The van der Waals surface area contributed by atoms with Crippen molar-refractivity contribution in [2.24, 2.45) is 11.8 Å². The number of fused-ring (bicyclic) bond motifs is 1. The maximum atomic E-state index is 12.4. The third-order valence-corrected chi connectivity index (χ3v) is 4.31. The minimum atomic E-state index is -0.303. The van der Waals surface area contributed by atoms with E-state index in [0.29, 0.717) is 24.2 Å². The molecule has 1 aromatic rings. The van der Waals surface area contributed by atoms with E-state index in [9.17, 15) is 14.4 Å². The highest BCUT2D eigenvalue weighted by atomic mass is 16.5. The van der Waals surface area contributed by atoms with Gasteiger partial charge in [-0.25, -0.2) is 0 Å². The number of hydrogen-bond donors (Lipinski definition) is 0. The van der Waals surface area contributed by atoms with Gasteiger partial charge in [0, 0.05) is 0 Å². The molecule has 114 valence electrons. The first-order valence-electron chi connectivity index (χ1n) is 7.30. The molecule has 0 saturated carbocycles. The second-order valence-corrected chi connectivity index (χ2v) is 5.54. The Morgan fingerprint density at radius 3 is 2.32 bits per heavy atom. The fourth-order valence-electron chi connectivity index (χ4n) is 3.13. The topological polar surface area (TPSA) is 63.7 Å². The lowest BCUT2D eigenvalue weighted by atomic mass is 9.85. The molecular formula is C17H17NO4. The molecule has 0 N–H and O–H groups in total. The number of benzene rings is 1. The Kier molecular flexibility index (Phi) is 3.79. The summed E-state index contributed by atoms with van der Waals surface area (Å²) in [7, 11) is 1.48. The van der Waals surface area contributed by atoms with Crippen LogP contribution >= 0.6 is 0 Å². The molecule has 1 aliphatic carbocycles. The highest BCUT2D eigenvalue weighted by Crippen LogP contribution is 2.35. The lowest BCUT2D eigenvalue weighted by Crippen LogP contribution is -2.36. The number of ether oxygens (including phenoxy) is 1. The van der Waals surface area contributed by atoms with Crippen LogP contribution in [-0.4, -0.2) is 36.2 Å². The zero-order valence-corrected chi connectivity index (χ0v) is 12.3. The van der Waals surface area contributed by atoms with Crippen LogP contribution in [0, 0.1) is 11.8 Å². The van der Waals surface area contributed by atoms with E-state index in [1.54, 1.807) is 24.3 Å². The molecule has 22 heavy (non-hydrogen) atoms. The molecule has 1 aromatic carbocycles. The van der Waals surface area contributed by atoms with Gasteiger partial charge in [-0.1, -0.05) is 24.3 Å². The first kappa shape index (κ1) is 14.5. The van der Waals surface area contributed by atoms with Gasteiger partial charge in [0.1, 0.15) is 5.75 Å².